The number of pyridine rings is 1. The van der Waals surface area contributed by atoms with Crippen LogP contribution in [0.4, 0.5) is 0 Å². The van der Waals surface area contributed by atoms with Gasteiger partial charge in [0.05, 0.1) is 16.6 Å². The minimum absolute atomic E-state index is 0.520. The predicted molar refractivity (Wildman–Crippen MR) is 88.9 cm³/mol. The van der Waals surface area contributed by atoms with Gasteiger partial charge in [0.2, 0.25) is 0 Å². The number of halogens is 2. The van der Waals surface area contributed by atoms with Gasteiger partial charge in [0.25, 0.3) is 0 Å². The molecule has 3 rings (SSSR count). The van der Waals surface area contributed by atoms with Crippen molar-refractivity contribution in [2.75, 3.05) is 0 Å². The smallest absolute Gasteiger partial charge is 0.134 e. The fraction of sp³-hybridized carbons (Fsp3) is 0.118. The lowest BCUT2D eigenvalue weighted by Gasteiger charge is -2.03. The van der Waals surface area contributed by atoms with Crippen LogP contribution in [0.5, 0.6) is 0 Å². The van der Waals surface area contributed by atoms with E-state index in [-0.39, 0.29) is 0 Å². The molecule has 2 aromatic heterocycles. The lowest BCUT2D eigenvalue weighted by Crippen LogP contribution is -2.12. The van der Waals surface area contributed by atoms with Crippen molar-refractivity contribution in [2.24, 2.45) is 0 Å². The normalized spacial score (nSPS) is 10.8. The second-order valence-corrected chi connectivity index (χ2v) is 5.67. The molecule has 0 aliphatic rings. The largest absolute Gasteiger partial charge is 0.460 e. The van der Waals surface area contributed by atoms with E-state index in [0.29, 0.717) is 16.6 Å². The molecule has 1 aromatic carbocycles. The summed E-state index contributed by atoms with van der Waals surface area (Å²) in [6, 6.07) is 13.3. The average Bonchev–Trinajstić information content (AvgIpc) is 3.00. The van der Waals surface area contributed by atoms with E-state index in [1.807, 2.05) is 36.5 Å². The van der Waals surface area contributed by atoms with E-state index >= 15 is 0 Å². The third kappa shape index (κ3) is 3.69. The molecule has 3 aromatic rings. The summed E-state index contributed by atoms with van der Waals surface area (Å²) in [5, 5.41) is 4.38. The summed E-state index contributed by atoms with van der Waals surface area (Å²) >= 11 is 12.0. The van der Waals surface area contributed by atoms with E-state index in [2.05, 4.69) is 10.3 Å². The molecular formula is C17H14Cl2N2O. The van der Waals surface area contributed by atoms with Gasteiger partial charge in [-0.3, -0.25) is 4.98 Å². The number of hydrogen-bond acceptors (Lipinski definition) is 3. The van der Waals surface area contributed by atoms with Crippen molar-refractivity contribution in [3.8, 4) is 11.3 Å². The maximum atomic E-state index is 6.03. The van der Waals surface area contributed by atoms with Gasteiger partial charge in [0.1, 0.15) is 11.5 Å². The molecule has 0 saturated carbocycles. The summed E-state index contributed by atoms with van der Waals surface area (Å²) in [5.41, 5.74) is 2.05. The Labute approximate surface area is 138 Å². The Kier molecular flexibility index (Phi) is 4.78. The Balaban J connectivity index is 1.62. The number of rotatable bonds is 5. The molecule has 0 unspecified atom stereocenters. The molecule has 0 radical (unpaired) electrons. The van der Waals surface area contributed by atoms with Gasteiger partial charge in [-0.25, -0.2) is 0 Å². The molecule has 5 heteroatoms. The van der Waals surface area contributed by atoms with Gasteiger partial charge < -0.3 is 9.73 Å². The molecule has 0 aliphatic heterocycles. The summed E-state index contributed by atoms with van der Waals surface area (Å²) in [7, 11) is 0. The number of nitrogens with one attached hydrogen (secondary N) is 1. The maximum Gasteiger partial charge on any atom is 0.134 e. The zero-order valence-corrected chi connectivity index (χ0v) is 13.2. The summed E-state index contributed by atoms with van der Waals surface area (Å²) in [5.74, 6) is 1.64. The summed E-state index contributed by atoms with van der Waals surface area (Å²) in [4.78, 5) is 4.08. The van der Waals surface area contributed by atoms with E-state index in [0.717, 1.165) is 29.2 Å². The van der Waals surface area contributed by atoms with Crippen molar-refractivity contribution in [3.63, 3.8) is 0 Å². The van der Waals surface area contributed by atoms with Crippen molar-refractivity contribution in [1.82, 2.24) is 10.3 Å². The second-order valence-electron chi connectivity index (χ2n) is 4.86. The van der Waals surface area contributed by atoms with Crippen LogP contribution in [0.25, 0.3) is 11.3 Å². The quantitative estimate of drug-likeness (QED) is 0.719. The highest BCUT2D eigenvalue weighted by atomic mass is 35.5. The molecule has 22 heavy (non-hydrogen) atoms. The Morgan fingerprint density at radius 3 is 2.68 bits per heavy atom. The number of furan rings is 1. The summed E-state index contributed by atoms with van der Waals surface area (Å²) in [6.07, 6.45) is 3.61. The number of aromatic nitrogens is 1. The SMILES string of the molecule is Clc1ccc(-c2ccc(CNCc3cccnc3)o2)cc1Cl. The highest BCUT2D eigenvalue weighted by Gasteiger charge is 2.07. The summed E-state index contributed by atoms with van der Waals surface area (Å²) in [6.45, 7) is 1.40. The maximum absolute atomic E-state index is 6.03. The molecular weight excluding hydrogens is 319 g/mol. The molecule has 0 bridgehead atoms. The van der Waals surface area contributed by atoms with Crippen molar-refractivity contribution < 1.29 is 4.42 Å². The van der Waals surface area contributed by atoms with Crippen LogP contribution in [0.2, 0.25) is 10.0 Å². The molecule has 0 spiro atoms. The fourth-order valence-electron chi connectivity index (χ4n) is 2.11. The summed E-state index contributed by atoms with van der Waals surface area (Å²) < 4.78 is 5.82. The number of hydrogen-bond donors (Lipinski definition) is 1. The van der Waals surface area contributed by atoms with Crippen LogP contribution in [0, 0.1) is 0 Å². The molecule has 112 valence electrons. The van der Waals surface area contributed by atoms with Gasteiger partial charge >= 0.3 is 0 Å². The Bertz CT molecular complexity index is 756. The van der Waals surface area contributed by atoms with E-state index in [4.69, 9.17) is 27.6 Å². The van der Waals surface area contributed by atoms with Gasteiger partial charge in [0, 0.05) is 24.5 Å². The zero-order valence-electron chi connectivity index (χ0n) is 11.7. The van der Waals surface area contributed by atoms with Gasteiger partial charge in [-0.05, 0) is 42.0 Å². The molecule has 0 amide bonds. The molecule has 1 N–H and O–H groups in total. The lowest BCUT2D eigenvalue weighted by atomic mass is 10.2. The number of nitrogens with zero attached hydrogens (tertiary/aromatic N) is 1. The van der Waals surface area contributed by atoms with Gasteiger partial charge in [-0.1, -0.05) is 29.3 Å². The standard InChI is InChI=1S/C17H14Cl2N2O/c18-15-5-3-13(8-16(15)19)17-6-4-14(22-17)11-21-10-12-2-1-7-20-9-12/h1-9,21H,10-11H2. The van der Waals surface area contributed by atoms with E-state index < -0.39 is 0 Å². The first kappa shape index (κ1) is 15.1. The van der Waals surface area contributed by atoms with Crippen LogP contribution in [0.1, 0.15) is 11.3 Å². The third-order valence-electron chi connectivity index (χ3n) is 3.22. The molecule has 0 saturated heterocycles. The highest BCUT2D eigenvalue weighted by Crippen LogP contribution is 2.29. The van der Waals surface area contributed by atoms with E-state index in [9.17, 15) is 0 Å². The molecule has 0 atom stereocenters. The van der Waals surface area contributed by atoms with E-state index in [1.54, 1.807) is 18.3 Å². The first-order valence-electron chi connectivity index (χ1n) is 6.86. The van der Waals surface area contributed by atoms with Gasteiger partial charge in [-0.15, -0.1) is 0 Å². The van der Waals surface area contributed by atoms with Crippen LogP contribution >= 0.6 is 23.2 Å². The fourth-order valence-corrected chi connectivity index (χ4v) is 2.41. The Morgan fingerprint density at radius 2 is 1.91 bits per heavy atom. The van der Waals surface area contributed by atoms with Crippen molar-refractivity contribution >= 4 is 23.2 Å². The molecule has 0 fully saturated rings. The van der Waals surface area contributed by atoms with Crippen LogP contribution in [-0.4, -0.2) is 4.98 Å². The molecule has 2 heterocycles. The predicted octanol–water partition coefficient (Wildman–Crippen LogP) is 4.94. The minimum atomic E-state index is 0.520. The van der Waals surface area contributed by atoms with Gasteiger partial charge in [0.15, 0.2) is 0 Å². The average molecular weight is 333 g/mol. The Hall–Kier alpha value is -1.81. The first-order chi connectivity index (χ1) is 10.7. The van der Waals surface area contributed by atoms with Crippen LogP contribution in [0.3, 0.4) is 0 Å². The number of benzene rings is 1. The van der Waals surface area contributed by atoms with Crippen LogP contribution in [-0.2, 0) is 13.1 Å². The van der Waals surface area contributed by atoms with Crippen molar-refractivity contribution in [2.45, 2.75) is 13.1 Å². The van der Waals surface area contributed by atoms with Gasteiger partial charge in [-0.2, -0.15) is 0 Å². The lowest BCUT2D eigenvalue weighted by molar-refractivity contribution is 0.493. The van der Waals surface area contributed by atoms with Crippen LogP contribution in [0.15, 0.2) is 59.3 Å². The molecule has 3 nitrogen and oxygen atoms in total. The van der Waals surface area contributed by atoms with Crippen molar-refractivity contribution in [1.29, 1.82) is 0 Å². The second kappa shape index (κ2) is 6.97. The minimum Gasteiger partial charge on any atom is -0.460 e. The zero-order chi connectivity index (χ0) is 15.4. The van der Waals surface area contributed by atoms with Crippen molar-refractivity contribution in [3.05, 3.63) is 76.2 Å². The van der Waals surface area contributed by atoms with Crippen LogP contribution < -0.4 is 5.32 Å². The first-order valence-corrected chi connectivity index (χ1v) is 7.62. The monoisotopic (exact) mass is 332 g/mol. The Morgan fingerprint density at radius 1 is 1.00 bits per heavy atom. The molecule has 0 aliphatic carbocycles. The highest BCUT2D eigenvalue weighted by molar-refractivity contribution is 6.42. The van der Waals surface area contributed by atoms with E-state index in [1.165, 1.54) is 0 Å². The third-order valence-corrected chi connectivity index (χ3v) is 3.96. The topological polar surface area (TPSA) is 38.1 Å².